The molecule has 1 atom stereocenters. The highest BCUT2D eigenvalue weighted by Crippen LogP contribution is 2.43. The summed E-state index contributed by atoms with van der Waals surface area (Å²) in [4.78, 5) is 25.0. The molecular weight excluding hydrogens is 515 g/mol. The minimum absolute atomic E-state index is 0.229. The number of halogens is 1. The smallest absolute Gasteiger partial charge is 0.413 e. The Labute approximate surface area is 218 Å². The molecule has 2 aromatic carbocycles. The minimum atomic E-state index is -1.01. The number of aryl methyl sites for hydroxylation is 1. The second-order valence-corrected chi connectivity index (χ2v) is 10.5. The number of carboxylic acid groups (broad SMARTS) is 1. The number of aliphatic carboxylic acids is 1. The van der Waals surface area contributed by atoms with E-state index >= 15 is 0 Å². The number of amides is 1. The molecule has 0 aliphatic carbocycles. The molecule has 8 nitrogen and oxygen atoms in total. The summed E-state index contributed by atoms with van der Waals surface area (Å²) < 4.78 is 23.5. The summed E-state index contributed by atoms with van der Waals surface area (Å²) in [5, 5.41) is 20.0. The fourth-order valence-corrected chi connectivity index (χ4v) is 6.28. The number of carbonyl (C=O) groups is 2. The van der Waals surface area contributed by atoms with E-state index in [-0.39, 0.29) is 6.42 Å². The van der Waals surface area contributed by atoms with Crippen LogP contribution in [0.25, 0.3) is 30.4 Å². The van der Waals surface area contributed by atoms with Gasteiger partial charge in [-0.1, -0.05) is 47.7 Å². The summed E-state index contributed by atoms with van der Waals surface area (Å²) in [5.74, 6) is -1.07. The van der Waals surface area contributed by atoms with Gasteiger partial charge in [0.05, 0.1) is 11.3 Å². The summed E-state index contributed by atoms with van der Waals surface area (Å²) in [7, 11) is 1.68. The summed E-state index contributed by atoms with van der Waals surface area (Å²) in [5.41, 5.74) is 2.21. The molecule has 0 aliphatic rings. The van der Waals surface area contributed by atoms with E-state index in [0.29, 0.717) is 22.6 Å². The van der Waals surface area contributed by atoms with Gasteiger partial charge in [-0.05, 0) is 36.2 Å². The van der Waals surface area contributed by atoms with Crippen LogP contribution >= 0.6 is 22.7 Å². The van der Waals surface area contributed by atoms with E-state index < -0.39 is 24.0 Å². The maximum Gasteiger partial charge on any atom is 0.413 e. The van der Waals surface area contributed by atoms with Crippen LogP contribution < -0.4 is 5.32 Å². The van der Waals surface area contributed by atoms with E-state index in [1.807, 2.05) is 42.5 Å². The van der Waals surface area contributed by atoms with Crippen LogP contribution in [0.2, 0.25) is 0 Å². The zero-order valence-corrected chi connectivity index (χ0v) is 21.4. The topological polar surface area (TPSA) is 106 Å². The molecule has 0 unspecified atom stereocenters. The van der Waals surface area contributed by atoms with Crippen LogP contribution in [0.1, 0.15) is 24.2 Å². The van der Waals surface area contributed by atoms with Crippen molar-refractivity contribution in [2.45, 2.75) is 19.4 Å². The number of anilines is 1. The number of ether oxygens (including phenoxy) is 1. The Morgan fingerprint density at radius 2 is 1.78 bits per heavy atom. The maximum atomic E-state index is 14.7. The molecule has 3 heterocycles. The van der Waals surface area contributed by atoms with Gasteiger partial charge in [-0.3, -0.25) is 10.1 Å². The van der Waals surface area contributed by atoms with Crippen molar-refractivity contribution in [3.05, 3.63) is 77.6 Å². The summed E-state index contributed by atoms with van der Waals surface area (Å²) in [6.07, 6.45) is -1.28. The quantitative estimate of drug-likeness (QED) is 0.246. The minimum Gasteiger partial charge on any atom is -0.481 e. The van der Waals surface area contributed by atoms with Crippen molar-refractivity contribution in [3.8, 4) is 21.0 Å². The Morgan fingerprint density at radius 3 is 2.49 bits per heavy atom. The van der Waals surface area contributed by atoms with E-state index in [9.17, 15) is 14.0 Å². The lowest BCUT2D eigenvalue weighted by atomic mass is 10.1. The Kier molecular flexibility index (Phi) is 6.72. The van der Waals surface area contributed by atoms with Crippen molar-refractivity contribution in [1.29, 1.82) is 0 Å². The molecule has 2 N–H and O–H groups in total. The molecule has 5 rings (SSSR count). The number of aromatic nitrogens is 3. The highest BCUT2D eigenvalue weighted by molar-refractivity contribution is 7.31. The lowest BCUT2D eigenvalue weighted by molar-refractivity contribution is -0.136. The van der Waals surface area contributed by atoms with Crippen LogP contribution in [-0.2, 0) is 23.0 Å². The monoisotopic (exact) mass is 536 g/mol. The SMILES string of the molecule is C[C@@H](OC(=O)Nc1c(-c2cc3sc(-c4ccc(CC(=O)O)cc4F)cc3s2)nnn1C)c1ccccc1. The zero-order valence-electron chi connectivity index (χ0n) is 19.8. The first-order chi connectivity index (χ1) is 17.8. The normalized spacial score (nSPS) is 12.0. The number of thiophene rings is 2. The van der Waals surface area contributed by atoms with Gasteiger partial charge in [-0.2, -0.15) is 0 Å². The third-order valence-electron chi connectivity index (χ3n) is 5.69. The second-order valence-electron chi connectivity index (χ2n) is 8.33. The highest BCUT2D eigenvalue weighted by Gasteiger charge is 2.21. The Hall–Kier alpha value is -4.09. The number of hydrogen-bond donors (Lipinski definition) is 2. The molecule has 3 aromatic heterocycles. The first-order valence-corrected chi connectivity index (χ1v) is 12.9. The van der Waals surface area contributed by atoms with Crippen molar-refractivity contribution in [2.75, 3.05) is 5.32 Å². The average molecular weight is 537 g/mol. The van der Waals surface area contributed by atoms with Gasteiger partial charge in [0.25, 0.3) is 0 Å². The van der Waals surface area contributed by atoms with E-state index in [1.165, 1.54) is 33.4 Å². The molecular formula is C26H21FN4O4S2. The molecule has 11 heteroatoms. The van der Waals surface area contributed by atoms with Gasteiger partial charge < -0.3 is 9.84 Å². The first-order valence-electron chi connectivity index (χ1n) is 11.2. The number of carboxylic acids is 1. The zero-order chi connectivity index (χ0) is 26.1. The lowest BCUT2D eigenvalue weighted by Gasteiger charge is -2.14. The van der Waals surface area contributed by atoms with Crippen molar-refractivity contribution in [1.82, 2.24) is 15.0 Å². The van der Waals surface area contributed by atoms with E-state index in [2.05, 4.69) is 15.6 Å². The standard InChI is InChI=1S/C26H21FN4O4S2/c1-14(16-6-4-3-5-7-16)35-26(34)28-25-24(29-30-31(25)2)22-13-21-20(37-22)12-19(36-21)17-9-8-15(10-18(17)27)11-23(32)33/h3-10,12-14H,11H2,1-2H3,(H,28,34)(H,32,33)/t14-/m1/s1. The van der Waals surface area contributed by atoms with Crippen molar-refractivity contribution in [2.24, 2.45) is 7.05 Å². The van der Waals surface area contributed by atoms with Gasteiger partial charge in [-0.25, -0.2) is 13.9 Å². The second kappa shape index (κ2) is 10.1. The van der Waals surface area contributed by atoms with Crippen LogP contribution in [0, 0.1) is 5.82 Å². The average Bonchev–Trinajstić information content (AvgIpc) is 3.53. The molecule has 0 aliphatic heterocycles. The largest absolute Gasteiger partial charge is 0.481 e. The molecule has 0 saturated carbocycles. The predicted octanol–water partition coefficient (Wildman–Crippen LogP) is 6.50. The van der Waals surface area contributed by atoms with Crippen molar-refractivity contribution in [3.63, 3.8) is 0 Å². The third kappa shape index (κ3) is 5.23. The number of carbonyl (C=O) groups excluding carboxylic acids is 1. The van der Waals surface area contributed by atoms with Crippen molar-refractivity contribution < 1.29 is 23.8 Å². The predicted molar refractivity (Wildman–Crippen MR) is 141 cm³/mol. The van der Waals surface area contributed by atoms with Crippen LogP contribution in [-0.4, -0.2) is 32.2 Å². The highest BCUT2D eigenvalue weighted by atomic mass is 32.1. The van der Waals surface area contributed by atoms with E-state index in [1.54, 1.807) is 26.1 Å². The summed E-state index contributed by atoms with van der Waals surface area (Å²) >= 11 is 2.87. The number of hydrogen-bond acceptors (Lipinski definition) is 7. The number of benzene rings is 2. The Morgan fingerprint density at radius 1 is 1.08 bits per heavy atom. The molecule has 0 spiro atoms. The van der Waals surface area contributed by atoms with Crippen LogP contribution in [0.5, 0.6) is 0 Å². The van der Waals surface area contributed by atoms with Gasteiger partial charge in [0.2, 0.25) is 0 Å². The van der Waals surface area contributed by atoms with Crippen LogP contribution in [0.4, 0.5) is 15.0 Å². The Balaban J connectivity index is 1.36. The third-order valence-corrected chi connectivity index (χ3v) is 8.03. The van der Waals surface area contributed by atoms with Crippen LogP contribution in [0.3, 0.4) is 0 Å². The molecule has 188 valence electrons. The Bertz CT molecular complexity index is 1580. The van der Waals surface area contributed by atoms with Gasteiger partial charge in [0, 0.05) is 26.9 Å². The van der Waals surface area contributed by atoms with Gasteiger partial charge in [0.15, 0.2) is 5.82 Å². The van der Waals surface area contributed by atoms with E-state index in [4.69, 9.17) is 9.84 Å². The van der Waals surface area contributed by atoms with E-state index in [0.717, 1.165) is 24.7 Å². The molecule has 1 amide bonds. The fourth-order valence-electron chi connectivity index (χ4n) is 3.87. The number of nitrogens with zero attached hydrogens (tertiary/aromatic N) is 3. The fraction of sp³-hybridized carbons (Fsp3) is 0.154. The maximum absolute atomic E-state index is 14.7. The number of fused-ring (bicyclic) bond motifs is 1. The molecule has 0 radical (unpaired) electrons. The molecule has 0 fully saturated rings. The van der Waals surface area contributed by atoms with Crippen molar-refractivity contribution >= 4 is 50.0 Å². The molecule has 0 bridgehead atoms. The van der Waals surface area contributed by atoms with Gasteiger partial charge >= 0.3 is 12.1 Å². The summed E-state index contributed by atoms with van der Waals surface area (Å²) in [6, 6.07) is 17.7. The first kappa shape index (κ1) is 24.6. The summed E-state index contributed by atoms with van der Waals surface area (Å²) in [6.45, 7) is 1.80. The van der Waals surface area contributed by atoms with Gasteiger partial charge in [0.1, 0.15) is 17.6 Å². The van der Waals surface area contributed by atoms with Crippen LogP contribution in [0.15, 0.2) is 60.7 Å². The molecule has 5 aromatic rings. The lowest BCUT2D eigenvalue weighted by Crippen LogP contribution is -2.18. The number of rotatable bonds is 7. The molecule has 37 heavy (non-hydrogen) atoms. The number of nitrogens with one attached hydrogen (secondary N) is 1. The van der Waals surface area contributed by atoms with Gasteiger partial charge in [-0.15, -0.1) is 27.8 Å². The molecule has 0 saturated heterocycles.